The van der Waals surface area contributed by atoms with Crippen molar-refractivity contribution >= 4 is 29.6 Å². The van der Waals surface area contributed by atoms with E-state index in [1.54, 1.807) is 24.3 Å². The lowest BCUT2D eigenvalue weighted by Gasteiger charge is -2.26. The third-order valence-electron chi connectivity index (χ3n) is 10.8. The van der Waals surface area contributed by atoms with E-state index in [9.17, 15) is 29.1 Å². The molecular weight excluding hydrogens is 781 g/mol. The minimum absolute atomic E-state index is 0.0426. The van der Waals surface area contributed by atoms with E-state index in [2.05, 4.69) is 21.3 Å². The Bertz CT molecular complexity index is 2450. The number of rotatable bonds is 10. The molecule has 5 N–H and O–H groups in total. The van der Waals surface area contributed by atoms with E-state index in [0.717, 1.165) is 38.9 Å². The molecule has 0 saturated heterocycles. The molecule has 0 aliphatic carbocycles. The number of aryl methyl sites for hydroxylation is 1. The van der Waals surface area contributed by atoms with Crippen LogP contribution in [0.25, 0.3) is 22.3 Å². The lowest BCUT2D eigenvalue weighted by atomic mass is 9.98. The number of ether oxygens (including phenoxy) is 1. The summed E-state index contributed by atoms with van der Waals surface area (Å²) in [6, 6.07) is 46.2. The SMILES string of the molecule is O=C1COc2ccc(cc2)C[C@@H](C(=O)O)NC(=O)[C@H](CCc2ccccc2)NC(=O)[C@@H](Cc2ccc(-c3ccccc3)cc2)NC(=O)[C@H](Cc2ccc(-c3ccccc3)cc2)N1. The molecule has 2 aliphatic heterocycles. The van der Waals surface area contributed by atoms with Gasteiger partial charge in [0.05, 0.1) is 0 Å². The van der Waals surface area contributed by atoms with Gasteiger partial charge in [0.25, 0.3) is 5.91 Å². The predicted octanol–water partition coefficient (Wildman–Crippen LogP) is 6.10. The number of nitrogens with one attached hydrogen (secondary N) is 4. The van der Waals surface area contributed by atoms with Crippen LogP contribution in [0.5, 0.6) is 5.75 Å². The molecule has 2 heterocycles. The monoisotopic (exact) mass is 828 g/mol. The van der Waals surface area contributed by atoms with Crippen molar-refractivity contribution in [3.63, 3.8) is 0 Å². The predicted molar refractivity (Wildman–Crippen MR) is 237 cm³/mol. The summed E-state index contributed by atoms with van der Waals surface area (Å²) >= 11 is 0. The molecule has 0 aromatic heterocycles. The molecule has 4 atom stereocenters. The Labute approximate surface area is 360 Å². The van der Waals surface area contributed by atoms with E-state index in [1.807, 2.05) is 140 Å². The van der Waals surface area contributed by atoms with Crippen molar-refractivity contribution in [2.45, 2.75) is 56.3 Å². The van der Waals surface area contributed by atoms with Crippen LogP contribution in [0.3, 0.4) is 0 Å². The number of carbonyl (C=O) groups excluding carboxylic acids is 4. The summed E-state index contributed by atoms with van der Waals surface area (Å²) in [5.74, 6) is -3.42. The van der Waals surface area contributed by atoms with Crippen LogP contribution in [0.2, 0.25) is 0 Å². The van der Waals surface area contributed by atoms with Gasteiger partial charge in [-0.1, -0.05) is 152 Å². The van der Waals surface area contributed by atoms with Crippen LogP contribution in [-0.4, -0.2) is 65.5 Å². The number of benzene rings is 6. The number of carboxylic acids is 1. The number of carboxylic acid groups (broad SMARTS) is 1. The van der Waals surface area contributed by atoms with Crippen LogP contribution in [0.1, 0.15) is 28.7 Å². The summed E-state index contributed by atoms with van der Waals surface area (Å²) in [4.78, 5) is 69.0. The lowest BCUT2D eigenvalue weighted by Crippen LogP contribution is -2.59. The zero-order chi connectivity index (χ0) is 43.3. The second-order valence-electron chi connectivity index (χ2n) is 15.3. The smallest absolute Gasteiger partial charge is 0.326 e. The van der Waals surface area contributed by atoms with E-state index in [1.165, 1.54) is 0 Å². The number of fused-ring (bicyclic) bond motifs is 16. The van der Waals surface area contributed by atoms with Crippen molar-refractivity contribution in [3.05, 3.63) is 186 Å². The molecule has 0 unspecified atom stereocenters. The molecule has 0 fully saturated rings. The molecule has 4 amide bonds. The van der Waals surface area contributed by atoms with Crippen LogP contribution in [0.4, 0.5) is 0 Å². The fraction of sp³-hybridized carbons (Fsp3) is 0.196. The quantitative estimate of drug-likeness (QED) is 0.104. The molecule has 2 aliphatic rings. The second-order valence-corrected chi connectivity index (χ2v) is 15.3. The molecule has 0 radical (unpaired) electrons. The first-order valence-electron chi connectivity index (χ1n) is 20.6. The maximum Gasteiger partial charge on any atom is 0.326 e. The average Bonchev–Trinajstić information content (AvgIpc) is 3.30. The molecule has 0 spiro atoms. The van der Waals surface area contributed by atoms with Crippen molar-refractivity contribution < 1.29 is 33.8 Å². The van der Waals surface area contributed by atoms with Gasteiger partial charge < -0.3 is 31.1 Å². The first-order valence-corrected chi connectivity index (χ1v) is 20.6. The highest BCUT2D eigenvalue weighted by Crippen LogP contribution is 2.22. The van der Waals surface area contributed by atoms with Crippen LogP contribution in [0, 0.1) is 0 Å². The summed E-state index contributed by atoms with van der Waals surface area (Å²) in [7, 11) is 0. The van der Waals surface area contributed by atoms with E-state index in [4.69, 9.17) is 4.74 Å². The second kappa shape index (κ2) is 20.6. The summed E-state index contributed by atoms with van der Waals surface area (Å²) in [5.41, 5.74) is 7.01. The van der Waals surface area contributed by atoms with E-state index in [-0.39, 0.29) is 25.7 Å². The molecule has 6 aromatic carbocycles. The zero-order valence-corrected chi connectivity index (χ0v) is 34.0. The van der Waals surface area contributed by atoms with Gasteiger partial charge in [0.15, 0.2) is 6.61 Å². The fourth-order valence-electron chi connectivity index (χ4n) is 7.40. The molecule has 8 rings (SSSR count). The van der Waals surface area contributed by atoms with Gasteiger partial charge in [0, 0.05) is 19.3 Å². The summed E-state index contributed by atoms with van der Waals surface area (Å²) < 4.78 is 5.77. The topological polar surface area (TPSA) is 163 Å². The van der Waals surface area contributed by atoms with Gasteiger partial charge in [-0.2, -0.15) is 0 Å². The fourth-order valence-corrected chi connectivity index (χ4v) is 7.40. The maximum absolute atomic E-state index is 14.5. The van der Waals surface area contributed by atoms with Crippen LogP contribution >= 0.6 is 0 Å². The largest absolute Gasteiger partial charge is 0.484 e. The standard InChI is InChI=1S/C51H48N4O7/c56-47-33-62-42-27-20-37(21-28-42)32-46(51(60)61)55-48(57)43(29-22-34-10-4-1-5-11-34)53-50(59)45(31-36-18-25-41(26-19-36)39-14-8-3-9-15-39)54-49(58)44(52-47)30-35-16-23-40(24-17-35)38-12-6-2-7-13-38/h1-21,23-28,43-46H,22,29-33H2,(H,52,56)(H,53,59)(H,54,58)(H,55,57)(H,60,61)/t43-,44-,45+,46-/m0/s1. The highest BCUT2D eigenvalue weighted by molar-refractivity contribution is 5.95. The Morgan fingerprint density at radius 1 is 0.500 bits per heavy atom. The van der Waals surface area contributed by atoms with Crippen molar-refractivity contribution in [2.24, 2.45) is 0 Å². The van der Waals surface area contributed by atoms with Crippen LogP contribution in [0.15, 0.2) is 164 Å². The van der Waals surface area contributed by atoms with Gasteiger partial charge >= 0.3 is 5.97 Å². The molecular formula is C51H48N4O7. The number of aliphatic carboxylic acids is 1. The Morgan fingerprint density at radius 3 is 1.47 bits per heavy atom. The highest BCUT2D eigenvalue weighted by Gasteiger charge is 2.32. The third-order valence-corrected chi connectivity index (χ3v) is 10.8. The summed E-state index contributed by atoms with van der Waals surface area (Å²) in [6.45, 7) is -0.412. The number of amides is 4. The molecule has 62 heavy (non-hydrogen) atoms. The number of hydrogen-bond donors (Lipinski definition) is 5. The molecule has 314 valence electrons. The Balaban J connectivity index is 1.21. The summed E-state index contributed by atoms with van der Waals surface area (Å²) in [6.07, 6.45) is 0.631. The van der Waals surface area contributed by atoms with Crippen LogP contribution < -0.4 is 26.0 Å². The highest BCUT2D eigenvalue weighted by atomic mass is 16.5. The normalized spacial score (nSPS) is 18.7. The molecule has 11 nitrogen and oxygen atoms in total. The lowest BCUT2D eigenvalue weighted by molar-refractivity contribution is -0.142. The molecule has 2 bridgehead atoms. The maximum atomic E-state index is 14.5. The molecule has 6 aromatic rings. The van der Waals surface area contributed by atoms with Crippen LogP contribution in [-0.2, 0) is 49.7 Å². The van der Waals surface area contributed by atoms with E-state index in [0.29, 0.717) is 17.7 Å². The van der Waals surface area contributed by atoms with E-state index >= 15 is 0 Å². The van der Waals surface area contributed by atoms with Gasteiger partial charge in [0.1, 0.15) is 29.9 Å². The van der Waals surface area contributed by atoms with Gasteiger partial charge in [-0.05, 0) is 69.5 Å². The first-order chi connectivity index (χ1) is 30.2. The van der Waals surface area contributed by atoms with Crippen molar-refractivity contribution in [3.8, 4) is 28.0 Å². The zero-order valence-electron chi connectivity index (χ0n) is 34.0. The first kappa shape index (κ1) is 42.6. The van der Waals surface area contributed by atoms with Gasteiger partial charge in [-0.25, -0.2) is 4.79 Å². The minimum Gasteiger partial charge on any atom is -0.484 e. The number of carbonyl (C=O) groups is 5. The van der Waals surface area contributed by atoms with Crippen molar-refractivity contribution in [1.82, 2.24) is 21.3 Å². The summed E-state index contributed by atoms with van der Waals surface area (Å²) in [5, 5.41) is 21.4. The Morgan fingerprint density at radius 2 is 0.952 bits per heavy atom. The average molecular weight is 829 g/mol. The van der Waals surface area contributed by atoms with Crippen molar-refractivity contribution in [2.75, 3.05) is 6.61 Å². The third kappa shape index (κ3) is 11.8. The Hall–Kier alpha value is -7.53. The van der Waals surface area contributed by atoms with Crippen molar-refractivity contribution in [1.29, 1.82) is 0 Å². The Kier molecular flexibility index (Phi) is 14.2. The molecule has 0 saturated carbocycles. The van der Waals surface area contributed by atoms with Gasteiger partial charge in [-0.15, -0.1) is 0 Å². The van der Waals surface area contributed by atoms with E-state index < -0.39 is 60.4 Å². The number of hydrogen-bond acceptors (Lipinski definition) is 6. The minimum atomic E-state index is -1.32. The van der Waals surface area contributed by atoms with Gasteiger partial charge in [0.2, 0.25) is 17.7 Å². The molecule has 11 heteroatoms. The van der Waals surface area contributed by atoms with Gasteiger partial charge in [-0.3, -0.25) is 19.2 Å².